The molecule has 0 bridgehead atoms. The molecule has 0 fully saturated rings. The predicted molar refractivity (Wildman–Crippen MR) is 114 cm³/mol. The number of anilines is 1. The van der Waals surface area contributed by atoms with Crippen LogP contribution in [-0.4, -0.2) is 37.4 Å². The predicted octanol–water partition coefficient (Wildman–Crippen LogP) is 3.28. The quantitative estimate of drug-likeness (QED) is 0.634. The van der Waals surface area contributed by atoms with Crippen LogP contribution >= 0.6 is 23.7 Å². The molecule has 0 saturated carbocycles. The van der Waals surface area contributed by atoms with Crippen molar-refractivity contribution in [3.8, 4) is 11.3 Å². The summed E-state index contributed by atoms with van der Waals surface area (Å²) in [4.78, 5) is 16.5. The zero-order valence-electron chi connectivity index (χ0n) is 15.5. The van der Waals surface area contributed by atoms with Gasteiger partial charge in [0.15, 0.2) is 5.13 Å². The summed E-state index contributed by atoms with van der Waals surface area (Å²) < 4.78 is 22.3. The van der Waals surface area contributed by atoms with E-state index in [0.29, 0.717) is 5.13 Å². The van der Waals surface area contributed by atoms with Gasteiger partial charge in [-0.2, -0.15) is 0 Å². The summed E-state index contributed by atoms with van der Waals surface area (Å²) in [6, 6.07) is 7.38. The number of thiazole rings is 1. The van der Waals surface area contributed by atoms with Crippen LogP contribution in [0.5, 0.6) is 0 Å². The van der Waals surface area contributed by atoms with Crippen LogP contribution in [0.3, 0.4) is 0 Å². The minimum Gasteiger partial charge on any atom is -0.320 e. The molecular formula is C18H26ClN3O3S2. The molecule has 2 rings (SSSR count). The highest BCUT2D eigenvalue weighted by Gasteiger charge is 2.17. The van der Waals surface area contributed by atoms with Crippen LogP contribution in [0.4, 0.5) is 5.13 Å². The Morgan fingerprint density at radius 3 is 2.56 bits per heavy atom. The number of nitrogens with two attached hydrogens (primary N) is 1. The molecule has 0 aliphatic rings. The molecule has 0 aliphatic carbocycles. The number of hydrogen-bond acceptors (Lipinski definition) is 6. The molecule has 0 aliphatic heterocycles. The summed E-state index contributed by atoms with van der Waals surface area (Å²) in [6.45, 7) is 2.17. The first-order chi connectivity index (χ1) is 12.3. The van der Waals surface area contributed by atoms with Gasteiger partial charge in [-0.25, -0.2) is 13.4 Å². The summed E-state index contributed by atoms with van der Waals surface area (Å²) in [6.07, 6.45) is 4.62. The summed E-state index contributed by atoms with van der Waals surface area (Å²) in [7, 11) is -3.14. The number of aromatic nitrogens is 1. The third kappa shape index (κ3) is 7.96. The largest absolute Gasteiger partial charge is 0.320 e. The summed E-state index contributed by atoms with van der Waals surface area (Å²) in [5.41, 5.74) is 8.83. The monoisotopic (exact) mass is 431 g/mol. The van der Waals surface area contributed by atoms with E-state index in [2.05, 4.69) is 29.4 Å². The molecule has 2 aromatic rings. The van der Waals surface area contributed by atoms with E-state index >= 15 is 0 Å². The highest BCUT2D eigenvalue weighted by atomic mass is 35.5. The third-order valence-corrected chi connectivity index (χ3v) is 5.67. The number of aryl methyl sites for hydroxylation is 1. The van der Waals surface area contributed by atoms with Crippen LogP contribution in [0.2, 0.25) is 0 Å². The molecule has 6 nitrogen and oxygen atoms in total. The maximum atomic E-state index is 12.1. The highest BCUT2D eigenvalue weighted by Crippen LogP contribution is 2.25. The molecule has 1 aromatic heterocycles. The summed E-state index contributed by atoms with van der Waals surface area (Å²) in [5.74, 6) is -0.542. The van der Waals surface area contributed by atoms with E-state index in [4.69, 9.17) is 5.73 Å². The van der Waals surface area contributed by atoms with Gasteiger partial charge in [0, 0.05) is 17.2 Å². The fraction of sp³-hybridized carbons (Fsp3) is 0.444. The van der Waals surface area contributed by atoms with Gasteiger partial charge in [0.25, 0.3) is 0 Å². The molecule has 1 unspecified atom stereocenters. The lowest BCUT2D eigenvalue weighted by atomic mass is 10.1. The molecule has 0 radical (unpaired) electrons. The Labute approximate surface area is 170 Å². The van der Waals surface area contributed by atoms with Gasteiger partial charge in [-0.15, -0.1) is 23.7 Å². The molecule has 3 N–H and O–H groups in total. The molecule has 150 valence electrons. The van der Waals surface area contributed by atoms with E-state index in [-0.39, 0.29) is 24.6 Å². The second-order valence-corrected chi connectivity index (χ2v) is 9.47. The Hall–Kier alpha value is -1.48. The van der Waals surface area contributed by atoms with Crippen molar-refractivity contribution in [3.63, 3.8) is 0 Å². The maximum Gasteiger partial charge on any atom is 0.243 e. The average molecular weight is 432 g/mol. The normalized spacial score (nSPS) is 12.3. The molecule has 0 spiro atoms. The number of nitrogens with one attached hydrogen (secondary N) is 1. The van der Waals surface area contributed by atoms with Gasteiger partial charge >= 0.3 is 0 Å². The van der Waals surface area contributed by atoms with E-state index in [1.807, 2.05) is 17.5 Å². The molecule has 27 heavy (non-hydrogen) atoms. The molecule has 9 heteroatoms. The molecule has 1 amide bonds. The number of rotatable bonds is 9. The molecule has 0 saturated heterocycles. The number of benzene rings is 1. The van der Waals surface area contributed by atoms with Gasteiger partial charge in [-0.3, -0.25) is 4.79 Å². The summed E-state index contributed by atoms with van der Waals surface area (Å²) in [5, 5.41) is 4.98. The molecule has 1 heterocycles. The van der Waals surface area contributed by atoms with E-state index in [9.17, 15) is 13.2 Å². The van der Waals surface area contributed by atoms with Crippen molar-refractivity contribution in [2.24, 2.45) is 5.73 Å². The second-order valence-electron chi connectivity index (χ2n) is 6.35. The third-order valence-electron chi connectivity index (χ3n) is 3.94. The van der Waals surface area contributed by atoms with Gasteiger partial charge < -0.3 is 11.1 Å². The first kappa shape index (κ1) is 23.6. The van der Waals surface area contributed by atoms with Crippen molar-refractivity contribution in [2.45, 2.75) is 38.6 Å². The minimum atomic E-state index is -3.14. The zero-order valence-corrected chi connectivity index (χ0v) is 17.9. The van der Waals surface area contributed by atoms with Crippen molar-refractivity contribution < 1.29 is 13.2 Å². The van der Waals surface area contributed by atoms with E-state index in [0.717, 1.165) is 23.9 Å². The standard InChI is InChI=1S/C18H25N3O3S2.ClH/c1-3-4-5-13-6-8-14(9-7-13)16-12-25-18(20-16)21-17(22)15(19)10-11-26(2,23)24;/h6-9,12,15H,3-5,10-11,19H2,1-2H3,(H,20,21,22);1H. The average Bonchev–Trinajstić information content (AvgIpc) is 3.06. The fourth-order valence-electron chi connectivity index (χ4n) is 2.36. The Morgan fingerprint density at radius 2 is 1.96 bits per heavy atom. The van der Waals surface area contributed by atoms with E-state index in [1.54, 1.807) is 0 Å². The van der Waals surface area contributed by atoms with Crippen LogP contribution in [0.25, 0.3) is 11.3 Å². The van der Waals surface area contributed by atoms with Crippen LogP contribution in [0.1, 0.15) is 31.7 Å². The van der Waals surface area contributed by atoms with Gasteiger partial charge in [0.1, 0.15) is 9.84 Å². The first-order valence-corrected chi connectivity index (χ1v) is 11.5. The van der Waals surface area contributed by atoms with E-state index < -0.39 is 21.8 Å². The fourth-order valence-corrected chi connectivity index (χ4v) is 3.76. The zero-order chi connectivity index (χ0) is 19.2. The van der Waals surface area contributed by atoms with Gasteiger partial charge in [0.2, 0.25) is 5.91 Å². The lowest BCUT2D eigenvalue weighted by Crippen LogP contribution is -2.37. The molecule has 1 atom stereocenters. The number of hydrogen-bond donors (Lipinski definition) is 2. The number of sulfone groups is 1. The number of carbonyl (C=O) groups excluding carboxylic acids is 1. The number of nitrogens with zero attached hydrogens (tertiary/aromatic N) is 1. The topological polar surface area (TPSA) is 102 Å². The minimum absolute atomic E-state index is 0. The second kappa shape index (κ2) is 10.8. The maximum absolute atomic E-state index is 12.1. The smallest absolute Gasteiger partial charge is 0.243 e. The Bertz CT molecular complexity index is 836. The number of amides is 1. The van der Waals surface area contributed by atoms with E-state index in [1.165, 1.54) is 29.7 Å². The van der Waals surface area contributed by atoms with Crippen LogP contribution < -0.4 is 11.1 Å². The van der Waals surface area contributed by atoms with Crippen LogP contribution in [-0.2, 0) is 21.1 Å². The lowest BCUT2D eigenvalue weighted by Gasteiger charge is -2.09. The van der Waals surface area contributed by atoms with Crippen LogP contribution in [0.15, 0.2) is 29.6 Å². The van der Waals surface area contributed by atoms with Crippen molar-refractivity contribution in [2.75, 3.05) is 17.3 Å². The van der Waals surface area contributed by atoms with Crippen molar-refractivity contribution >= 4 is 44.6 Å². The number of carbonyl (C=O) groups is 1. The van der Waals surface area contributed by atoms with Crippen molar-refractivity contribution in [1.82, 2.24) is 4.98 Å². The van der Waals surface area contributed by atoms with Gasteiger partial charge in [0.05, 0.1) is 17.5 Å². The first-order valence-electron chi connectivity index (χ1n) is 8.57. The van der Waals surface area contributed by atoms with Crippen LogP contribution in [0, 0.1) is 0 Å². The van der Waals surface area contributed by atoms with Gasteiger partial charge in [-0.05, 0) is 24.8 Å². The Kier molecular flexibility index (Phi) is 9.38. The summed E-state index contributed by atoms with van der Waals surface area (Å²) >= 11 is 1.31. The molecular weight excluding hydrogens is 406 g/mol. The Morgan fingerprint density at radius 1 is 1.30 bits per heavy atom. The Balaban J connectivity index is 0.00000364. The molecule has 1 aromatic carbocycles. The van der Waals surface area contributed by atoms with Crippen molar-refractivity contribution in [1.29, 1.82) is 0 Å². The SMILES string of the molecule is CCCCc1ccc(-c2csc(NC(=O)C(N)CCS(C)(=O)=O)n2)cc1.Cl. The number of unbranched alkanes of at least 4 members (excludes halogenated alkanes) is 1. The van der Waals surface area contributed by atoms with Gasteiger partial charge in [-0.1, -0.05) is 37.6 Å². The highest BCUT2D eigenvalue weighted by molar-refractivity contribution is 7.90. The van der Waals surface area contributed by atoms with Crippen molar-refractivity contribution in [3.05, 3.63) is 35.2 Å². The number of halogens is 1. The lowest BCUT2D eigenvalue weighted by molar-refractivity contribution is -0.117.